The van der Waals surface area contributed by atoms with Crippen LogP contribution in [0.4, 0.5) is 0 Å². The van der Waals surface area contributed by atoms with E-state index in [1.165, 1.54) is 45.8 Å². The highest BCUT2D eigenvalue weighted by Crippen LogP contribution is 2.41. The van der Waals surface area contributed by atoms with Gasteiger partial charge in [0.1, 0.15) is 24.8 Å². The zero-order chi connectivity index (χ0) is 25.8. The summed E-state index contributed by atoms with van der Waals surface area (Å²) < 4.78 is 29.4. The summed E-state index contributed by atoms with van der Waals surface area (Å²) in [6, 6.07) is 8.48. The van der Waals surface area contributed by atoms with Crippen LogP contribution >= 0.6 is 0 Å². The number of aromatic nitrogens is 4. The Labute approximate surface area is 207 Å². The van der Waals surface area contributed by atoms with Gasteiger partial charge in [0.25, 0.3) is 0 Å². The van der Waals surface area contributed by atoms with Crippen LogP contribution in [0.15, 0.2) is 43.0 Å². The van der Waals surface area contributed by atoms with Crippen molar-refractivity contribution in [2.75, 3.05) is 35.0 Å². The number of carbonyl (C=O) groups is 1. The van der Waals surface area contributed by atoms with Gasteiger partial charge in [-0.05, 0) is 30.7 Å². The maximum Gasteiger partial charge on any atom is 0.345 e. The average molecular weight is 495 g/mol. The van der Waals surface area contributed by atoms with Crippen LogP contribution in [0.2, 0.25) is 0 Å². The molecule has 0 fully saturated rings. The minimum atomic E-state index is -0.654. The molecule has 188 valence electrons. The summed E-state index contributed by atoms with van der Waals surface area (Å²) in [6.07, 6.45) is 2.81. The predicted octanol–water partition coefficient (Wildman–Crippen LogP) is 2.99. The molecule has 0 spiro atoms. The van der Waals surface area contributed by atoms with Crippen molar-refractivity contribution in [1.29, 1.82) is 0 Å². The minimum Gasteiger partial charge on any atom is -0.618 e. The van der Waals surface area contributed by atoms with E-state index in [0.717, 1.165) is 0 Å². The molecule has 11 nitrogen and oxygen atoms in total. The average Bonchev–Trinajstić information content (AvgIpc) is 3.42. The fourth-order valence-electron chi connectivity index (χ4n) is 4.09. The molecule has 0 atom stereocenters. The van der Waals surface area contributed by atoms with Gasteiger partial charge in [0.2, 0.25) is 11.2 Å². The molecule has 0 saturated heterocycles. The zero-order valence-electron chi connectivity index (χ0n) is 20.6. The SMILES string of the molecule is CCOC(=O)c1c(-c2ccc(OC)c(OC)c2)c2cc(OC)c(OC)cc2[n+]([O-])c1Cn1cncn1. The number of carbonyl (C=O) groups excluding carboxylic acids is 1. The summed E-state index contributed by atoms with van der Waals surface area (Å²) in [5.74, 6) is 1.07. The molecule has 4 aromatic rings. The summed E-state index contributed by atoms with van der Waals surface area (Å²) in [6.45, 7) is 1.79. The Kier molecular flexibility index (Phi) is 7.09. The van der Waals surface area contributed by atoms with Gasteiger partial charge in [0, 0.05) is 5.56 Å². The summed E-state index contributed by atoms with van der Waals surface area (Å²) in [4.78, 5) is 17.4. The van der Waals surface area contributed by atoms with E-state index in [4.69, 9.17) is 23.7 Å². The van der Waals surface area contributed by atoms with Gasteiger partial charge in [-0.2, -0.15) is 9.83 Å². The first-order chi connectivity index (χ1) is 17.5. The Hall–Kier alpha value is -4.54. The van der Waals surface area contributed by atoms with Gasteiger partial charge in [-0.25, -0.2) is 14.5 Å². The zero-order valence-corrected chi connectivity index (χ0v) is 20.6. The highest BCUT2D eigenvalue weighted by atomic mass is 16.5. The lowest BCUT2D eigenvalue weighted by atomic mass is 9.93. The smallest absolute Gasteiger partial charge is 0.345 e. The van der Waals surface area contributed by atoms with Crippen molar-refractivity contribution in [3.8, 4) is 34.1 Å². The van der Waals surface area contributed by atoms with E-state index < -0.39 is 5.97 Å². The van der Waals surface area contributed by atoms with E-state index in [9.17, 15) is 10.0 Å². The molecule has 0 amide bonds. The van der Waals surface area contributed by atoms with Crippen molar-refractivity contribution >= 4 is 16.9 Å². The Morgan fingerprint density at radius 3 is 2.25 bits per heavy atom. The van der Waals surface area contributed by atoms with Crippen LogP contribution in [0, 0.1) is 5.21 Å². The number of hydrogen-bond acceptors (Lipinski definition) is 9. The molecule has 2 heterocycles. The Morgan fingerprint density at radius 2 is 1.64 bits per heavy atom. The second-order valence-corrected chi connectivity index (χ2v) is 7.60. The van der Waals surface area contributed by atoms with E-state index in [1.54, 1.807) is 37.3 Å². The third-order valence-corrected chi connectivity index (χ3v) is 5.70. The Morgan fingerprint density at radius 1 is 0.972 bits per heavy atom. The summed E-state index contributed by atoms with van der Waals surface area (Å²) in [7, 11) is 6.04. The van der Waals surface area contributed by atoms with Crippen LogP contribution in [0.3, 0.4) is 0 Å². The quantitative estimate of drug-likeness (QED) is 0.196. The summed E-state index contributed by atoms with van der Waals surface area (Å²) >= 11 is 0. The molecular weight excluding hydrogens is 468 g/mol. The van der Waals surface area contributed by atoms with Crippen LogP contribution in [0.25, 0.3) is 22.0 Å². The van der Waals surface area contributed by atoms with E-state index in [0.29, 0.717) is 44.2 Å². The largest absolute Gasteiger partial charge is 0.618 e. The summed E-state index contributed by atoms with van der Waals surface area (Å²) in [5.41, 5.74) is 1.55. The lowest BCUT2D eigenvalue weighted by Gasteiger charge is -2.19. The van der Waals surface area contributed by atoms with Crippen molar-refractivity contribution in [3.05, 3.63) is 59.5 Å². The number of hydrogen-bond donors (Lipinski definition) is 0. The van der Waals surface area contributed by atoms with E-state index in [2.05, 4.69) is 10.1 Å². The molecule has 0 saturated carbocycles. The van der Waals surface area contributed by atoms with Crippen molar-refractivity contribution in [2.45, 2.75) is 13.5 Å². The van der Waals surface area contributed by atoms with Crippen molar-refractivity contribution in [2.24, 2.45) is 0 Å². The monoisotopic (exact) mass is 494 g/mol. The standard InChI is InChI=1S/C25H26N4O7/c1-6-36-25(30)24-18(12-28-14-26-13-27-28)29(31)17-11-22(35-5)21(34-4)10-16(17)23(24)15-7-8-19(32-2)20(9-15)33-3/h7-11,13-14H,6,12H2,1-5H3. The number of pyridine rings is 1. The Bertz CT molecular complexity index is 1400. The molecule has 0 bridgehead atoms. The van der Waals surface area contributed by atoms with Gasteiger partial charge in [-0.3, -0.25) is 0 Å². The van der Waals surface area contributed by atoms with Gasteiger partial charge in [-0.1, -0.05) is 6.07 Å². The molecule has 0 aliphatic heterocycles. The van der Waals surface area contributed by atoms with Crippen LogP contribution in [-0.4, -0.2) is 55.8 Å². The molecule has 0 unspecified atom stereocenters. The lowest BCUT2D eigenvalue weighted by Crippen LogP contribution is -2.37. The van der Waals surface area contributed by atoms with Crippen molar-refractivity contribution in [1.82, 2.24) is 14.8 Å². The van der Waals surface area contributed by atoms with Crippen molar-refractivity contribution < 1.29 is 33.2 Å². The normalized spacial score (nSPS) is 10.8. The highest BCUT2D eigenvalue weighted by molar-refractivity contribution is 6.07. The van der Waals surface area contributed by atoms with Gasteiger partial charge >= 0.3 is 5.97 Å². The number of benzene rings is 2. The first kappa shape index (κ1) is 24.6. The van der Waals surface area contributed by atoms with Crippen LogP contribution in [0.5, 0.6) is 23.0 Å². The van der Waals surface area contributed by atoms with Crippen LogP contribution in [0.1, 0.15) is 23.0 Å². The van der Waals surface area contributed by atoms with Crippen molar-refractivity contribution in [3.63, 3.8) is 0 Å². The fraction of sp³-hybridized carbons (Fsp3) is 0.280. The molecule has 0 N–H and O–H groups in total. The molecule has 2 aromatic carbocycles. The van der Waals surface area contributed by atoms with Crippen LogP contribution in [-0.2, 0) is 11.3 Å². The lowest BCUT2D eigenvalue weighted by molar-refractivity contribution is -0.586. The molecule has 36 heavy (non-hydrogen) atoms. The predicted molar refractivity (Wildman–Crippen MR) is 130 cm³/mol. The molecule has 0 aliphatic carbocycles. The number of ether oxygens (including phenoxy) is 5. The topological polar surface area (TPSA) is 121 Å². The molecule has 11 heteroatoms. The van der Waals surface area contributed by atoms with Gasteiger partial charge in [-0.15, -0.1) is 0 Å². The molecule has 4 rings (SSSR count). The second kappa shape index (κ2) is 10.4. The molecular formula is C25H26N4O7. The molecule has 2 aromatic heterocycles. The number of fused-ring (bicyclic) bond motifs is 1. The van der Waals surface area contributed by atoms with E-state index >= 15 is 0 Å². The number of esters is 1. The first-order valence-corrected chi connectivity index (χ1v) is 11.0. The Balaban J connectivity index is 2.17. The number of rotatable bonds is 9. The maximum absolute atomic E-state index is 13.8. The highest BCUT2D eigenvalue weighted by Gasteiger charge is 2.32. The van der Waals surface area contributed by atoms with Crippen LogP contribution < -0.4 is 23.7 Å². The van der Waals surface area contributed by atoms with E-state index in [-0.39, 0.29) is 29.9 Å². The summed E-state index contributed by atoms with van der Waals surface area (Å²) in [5, 5.41) is 18.3. The molecule has 0 radical (unpaired) electrons. The van der Waals surface area contributed by atoms with Gasteiger partial charge in [0.05, 0.1) is 46.5 Å². The maximum atomic E-state index is 13.8. The van der Waals surface area contributed by atoms with Gasteiger partial charge in [0.15, 0.2) is 23.0 Å². The van der Waals surface area contributed by atoms with E-state index in [1.807, 2.05) is 0 Å². The second-order valence-electron chi connectivity index (χ2n) is 7.60. The third kappa shape index (κ3) is 4.30. The molecule has 0 aliphatic rings. The number of nitrogens with zero attached hydrogens (tertiary/aromatic N) is 4. The first-order valence-electron chi connectivity index (χ1n) is 11.0. The fourth-order valence-corrected chi connectivity index (χ4v) is 4.09. The number of methoxy groups -OCH3 is 4. The minimum absolute atomic E-state index is 0.0256. The third-order valence-electron chi connectivity index (χ3n) is 5.70. The van der Waals surface area contributed by atoms with Gasteiger partial charge < -0.3 is 28.9 Å².